The quantitative estimate of drug-likeness (QED) is 0.338. The largest absolute Gasteiger partial charge is 0.494 e. The van der Waals surface area contributed by atoms with Gasteiger partial charge in [-0.15, -0.1) is 0 Å². The van der Waals surface area contributed by atoms with Crippen LogP contribution in [0.3, 0.4) is 0 Å². The predicted molar refractivity (Wildman–Crippen MR) is 137 cm³/mol. The number of aromatic nitrogens is 2. The van der Waals surface area contributed by atoms with E-state index in [4.69, 9.17) is 9.47 Å². The van der Waals surface area contributed by atoms with Gasteiger partial charge in [0, 0.05) is 17.2 Å². The first-order valence-corrected chi connectivity index (χ1v) is 12.0. The van der Waals surface area contributed by atoms with Crippen molar-refractivity contribution in [1.29, 1.82) is 0 Å². The summed E-state index contributed by atoms with van der Waals surface area (Å²) in [5, 5.41) is 7.59. The lowest BCUT2D eigenvalue weighted by Crippen LogP contribution is -2.14. The monoisotopic (exact) mass is 481 g/mol. The van der Waals surface area contributed by atoms with E-state index in [2.05, 4.69) is 22.5 Å². The highest BCUT2D eigenvalue weighted by molar-refractivity contribution is 5.96. The van der Waals surface area contributed by atoms with Crippen molar-refractivity contribution in [2.75, 3.05) is 19.0 Å². The van der Waals surface area contributed by atoms with Crippen molar-refractivity contribution in [3.8, 4) is 22.7 Å². The summed E-state index contributed by atoms with van der Waals surface area (Å²) in [6, 6.07) is 26.8. The number of rotatable bonds is 8. The Labute approximate surface area is 209 Å². The SMILES string of the molecule is CCOC(=O)c1cc(-c2cccc(NC(=O)[C@@H]3C[C@H]3c3ccccc3)c2)n(-c2ccccc2OC)n1. The zero-order chi connectivity index (χ0) is 25.1. The molecule has 1 heterocycles. The van der Waals surface area contributed by atoms with Crippen LogP contribution >= 0.6 is 0 Å². The molecule has 36 heavy (non-hydrogen) atoms. The van der Waals surface area contributed by atoms with Crippen molar-refractivity contribution in [2.45, 2.75) is 19.3 Å². The standard InChI is InChI=1S/C29H27N3O4/c1-3-36-29(34)24-18-26(32(31-24)25-14-7-8-15-27(25)35-2)20-12-9-13-21(16-20)30-28(33)23-17-22(23)19-10-5-4-6-11-19/h4-16,18,22-23H,3,17H2,1-2H3,(H,30,33)/t22-,23+/m0/s1. The van der Waals surface area contributed by atoms with E-state index in [1.54, 1.807) is 24.8 Å². The van der Waals surface area contributed by atoms with Crippen molar-refractivity contribution in [3.63, 3.8) is 0 Å². The molecule has 1 fully saturated rings. The van der Waals surface area contributed by atoms with Crippen LogP contribution in [0.5, 0.6) is 5.75 Å². The van der Waals surface area contributed by atoms with Crippen molar-refractivity contribution in [3.05, 3.63) is 96.2 Å². The summed E-state index contributed by atoms with van der Waals surface area (Å²) in [5.74, 6) is 0.338. The molecule has 5 rings (SSSR count). The molecule has 1 aliphatic carbocycles. The van der Waals surface area contributed by atoms with E-state index >= 15 is 0 Å². The van der Waals surface area contributed by atoms with Crippen molar-refractivity contribution in [1.82, 2.24) is 9.78 Å². The van der Waals surface area contributed by atoms with Gasteiger partial charge in [-0.1, -0.05) is 54.6 Å². The first-order chi connectivity index (χ1) is 17.6. The lowest BCUT2D eigenvalue weighted by Gasteiger charge is -2.12. The minimum Gasteiger partial charge on any atom is -0.494 e. The molecule has 1 amide bonds. The van der Waals surface area contributed by atoms with Crippen LogP contribution in [0, 0.1) is 5.92 Å². The normalized spacial score (nSPS) is 16.3. The van der Waals surface area contributed by atoms with Gasteiger partial charge in [0.05, 0.1) is 19.4 Å². The van der Waals surface area contributed by atoms with Gasteiger partial charge in [0.15, 0.2) is 5.69 Å². The summed E-state index contributed by atoms with van der Waals surface area (Å²) in [4.78, 5) is 25.4. The van der Waals surface area contributed by atoms with Gasteiger partial charge in [-0.25, -0.2) is 9.48 Å². The molecule has 0 spiro atoms. The molecular formula is C29H27N3O4. The van der Waals surface area contributed by atoms with Gasteiger partial charge in [-0.3, -0.25) is 4.79 Å². The first kappa shape index (κ1) is 23.4. The summed E-state index contributed by atoms with van der Waals surface area (Å²) in [5.41, 5.74) is 4.21. The maximum atomic E-state index is 12.9. The van der Waals surface area contributed by atoms with Gasteiger partial charge in [0.1, 0.15) is 11.4 Å². The second kappa shape index (κ2) is 10.1. The lowest BCUT2D eigenvalue weighted by atomic mass is 10.1. The van der Waals surface area contributed by atoms with Gasteiger partial charge in [0.25, 0.3) is 0 Å². The van der Waals surface area contributed by atoms with Crippen molar-refractivity contribution < 1.29 is 19.1 Å². The number of nitrogens with zero attached hydrogens (tertiary/aromatic N) is 2. The highest BCUT2D eigenvalue weighted by Gasteiger charge is 2.43. The number of hydrogen-bond acceptors (Lipinski definition) is 5. The Morgan fingerprint density at radius 3 is 2.56 bits per heavy atom. The molecular weight excluding hydrogens is 454 g/mol. The molecule has 0 saturated heterocycles. The van der Waals surface area contributed by atoms with E-state index in [1.807, 2.05) is 66.7 Å². The molecule has 0 unspecified atom stereocenters. The number of carbonyl (C=O) groups excluding carboxylic acids is 2. The van der Waals surface area contributed by atoms with Gasteiger partial charge < -0.3 is 14.8 Å². The number of carbonyl (C=O) groups is 2. The second-order valence-corrected chi connectivity index (χ2v) is 8.65. The van der Waals surface area contributed by atoms with Crippen molar-refractivity contribution in [2.24, 2.45) is 5.92 Å². The van der Waals surface area contributed by atoms with E-state index in [0.29, 0.717) is 22.8 Å². The summed E-state index contributed by atoms with van der Waals surface area (Å²) in [6.07, 6.45) is 0.846. The average Bonchev–Trinajstić information content (AvgIpc) is 3.60. The van der Waals surface area contributed by atoms with Gasteiger partial charge >= 0.3 is 5.97 Å². The molecule has 1 aliphatic rings. The molecule has 0 aliphatic heterocycles. The number of nitrogens with one attached hydrogen (secondary N) is 1. The van der Waals surface area contributed by atoms with Crippen LogP contribution in [-0.2, 0) is 9.53 Å². The summed E-state index contributed by atoms with van der Waals surface area (Å²) < 4.78 is 12.4. The Balaban J connectivity index is 1.44. The third-order valence-corrected chi connectivity index (χ3v) is 6.29. The molecule has 1 aromatic heterocycles. The van der Waals surface area contributed by atoms with Crippen LogP contribution in [0.4, 0.5) is 5.69 Å². The molecule has 2 atom stereocenters. The lowest BCUT2D eigenvalue weighted by molar-refractivity contribution is -0.117. The van der Waals surface area contributed by atoms with Crippen LogP contribution < -0.4 is 10.1 Å². The Bertz CT molecular complexity index is 1400. The van der Waals surface area contributed by atoms with E-state index < -0.39 is 5.97 Å². The zero-order valence-electron chi connectivity index (χ0n) is 20.2. The molecule has 4 aromatic rings. The Morgan fingerprint density at radius 2 is 1.78 bits per heavy atom. The highest BCUT2D eigenvalue weighted by atomic mass is 16.5. The van der Waals surface area contributed by atoms with Crippen LogP contribution in [0.1, 0.15) is 35.3 Å². The second-order valence-electron chi connectivity index (χ2n) is 8.65. The van der Waals surface area contributed by atoms with Gasteiger partial charge in [-0.05, 0) is 55.2 Å². The number of esters is 1. The summed E-state index contributed by atoms with van der Waals surface area (Å²) in [6.45, 7) is 2.01. The zero-order valence-corrected chi connectivity index (χ0v) is 20.2. The van der Waals surface area contributed by atoms with E-state index in [-0.39, 0.29) is 30.0 Å². The maximum absolute atomic E-state index is 12.9. The Hall–Kier alpha value is -4.39. The number of ether oxygens (including phenoxy) is 2. The van der Waals surface area contributed by atoms with Crippen LogP contribution in [-0.4, -0.2) is 35.4 Å². The number of anilines is 1. The number of para-hydroxylation sites is 2. The number of methoxy groups -OCH3 is 1. The smallest absolute Gasteiger partial charge is 0.358 e. The van der Waals surface area contributed by atoms with Gasteiger partial charge in [0.2, 0.25) is 5.91 Å². The van der Waals surface area contributed by atoms with Crippen LogP contribution in [0.15, 0.2) is 84.9 Å². The predicted octanol–water partition coefficient (Wildman–Crippen LogP) is 5.47. The van der Waals surface area contributed by atoms with Gasteiger partial charge in [-0.2, -0.15) is 5.10 Å². The maximum Gasteiger partial charge on any atom is 0.358 e. The van der Waals surface area contributed by atoms with Crippen LogP contribution in [0.25, 0.3) is 16.9 Å². The topological polar surface area (TPSA) is 82.5 Å². The summed E-state index contributed by atoms with van der Waals surface area (Å²) >= 11 is 0. The molecule has 1 N–H and O–H groups in total. The molecule has 0 radical (unpaired) electrons. The van der Waals surface area contributed by atoms with E-state index in [9.17, 15) is 9.59 Å². The third kappa shape index (κ3) is 4.73. The fourth-order valence-corrected chi connectivity index (χ4v) is 4.42. The first-order valence-electron chi connectivity index (χ1n) is 12.0. The molecule has 7 nitrogen and oxygen atoms in total. The molecule has 0 bridgehead atoms. The fraction of sp³-hybridized carbons (Fsp3) is 0.207. The third-order valence-electron chi connectivity index (χ3n) is 6.29. The minimum absolute atomic E-state index is 0.00597. The molecule has 3 aromatic carbocycles. The number of benzene rings is 3. The highest BCUT2D eigenvalue weighted by Crippen LogP contribution is 2.48. The molecule has 182 valence electrons. The fourth-order valence-electron chi connectivity index (χ4n) is 4.42. The number of amides is 1. The van der Waals surface area contributed by atoms with Crippen LogP contribution in [0.2, 0.25) is 0 Å². The average molecular weight is 482 g/mol. The number of hydrogen-bond donors (Lipinski definition) is 1. The minimum atomic E-state index is -0.502. The Kier molecular flexibility index (Phi) is 6.54. The Morgan fingerprint density at radius 1 is 1.00 bits per heavy atom. The van der Waals surface area contributed by atoms with E-state index in [0.717, 1.165) is 12.0 Å². The van der Waals surface area contributed by atoms with E-state index in [1.165, 1.54) is 5.56 Å². The van der Waals surface area contributed by atoms with Crippen molar-refractivity contribution >= 4 is 17.6 Å². The molecule has 1 saturated carbocycles. The molecule has 7 heteroatoms. The summed E-state index contributed by atoms with van der Waals surface area (Å²) in [7, 11) is 1.59.